The van der Waals surface area contributed by atoms with Crippen LogP contribution in [0.1, 0.15) is 5.56 Å². The third-order valence-electron chi connectivity index (χ3n) is 3.61. The van der Waals surface area contributed by atoms with Crippen molar-refractivity contribution < 1.29 is 27.8 Å². The molecule has 0 amide bonds. The standard InChI is InChI=1S/C17H9Cl2F3O3/c18-10-3-1-8(2-4-10)12-7-11(19)5-9-6-13(16(23)24)15(17(20,21)22)25-14(9)12/h1-7,15H,(H,23,24)/t15-/m0/s1. The number of aliphatic carboxylic acids is 1. The van der Waals surface area contributed by atoms with Crippen LogP contribution in [0, 0.1) is 0 Å². The molecule has 1 aliphatic heterocycles. The zero-order valence-electron chi connectivity index (χ0n) is 12.3. The normalized spacial score (nSPS) is 16.7. The van der Waals surface area contributed by atoms with E-state index in [-0.39, 0.29) is 16.3 Å². The molecular formula is C17H9Cl2F3O3. The number of carboxylic acid groups (broad SMARTS) is 1. The summed E-state index contributed by atoms with van der Waals surface area (Å²) in [4.78, 5) is 11.2. The number of fused-ring (bicyclic) bond motifs is 1. The van der Waals surface area contributed by atoms with E-state index in [4.69, 9.17) is 33.0 Å². The molecule has 0 saturated heterocycles. The number of carboxylic acids is 1. The van der Waals surface area contributed by atoms with Gasteiger partial charge >= 0.3 is 12.1 Å². The first kappa shape index (κ1) is 17.6. The first-order valence-corrected chi connectivity index (χ1v) is 7.70. The van der Waals surface area contributed by atoms with Gasteiger partial charge in [-0.05, 0) is 35.9 Å². The van der Waals surface area contributed by atoms with Crippen LogP contribution >= 0.6 is 23.2 Å². The summed E-state index contributed by atoms with van der Waals surface area (Å²) in [5, 5.41) is 9.78. The first-order valence-electron chi connectivity index (χ1n) is 6.94. The van der Waals surface area contributed by atoms with Crippen molar-refractivity contribution in [2.75, 3.05) is 0 Å². The predicted molar refractivity (Wildman–Crippen MR) is 88.0 cm³/mol. The van der Waals surface area contributed by atoms with E-state index in [0.717, 1.165) is 6.08 Å². The Morgan fingerprint density at radius 2 is 1.72 bits per heavy atom. The van der Waals surface area contributed by atoms with Gasteiger partial charge in [0.1, 0.15) is 5.75 Å². The first-order chi connectivity index (χ1) is 11.7. The molecule has 3 rings (SSSR count). The second-order valence-electron chi connectivity index (χ2n) is 5.32. The second-order valence-corrected chi connectivity index (χ2v) is 6.20. The van der Waals surface area contributed by atoms with Crippen LogP contribution in [-0.2, 0) is 4.79 Å². The Balaban J connectivity index is 2.22. The van der Waals surface area contributed by atoms with E-state index in [1.54, 1.807) is 24.3 Å². The van der Waals surface area contributed by atoms with E-state index < -0.39 is 23.8 Å². The van der Waals surface area contributed by atoms with Gasteiger partial charge in [-0.2, -0.15) is 13.2 Å². The predicted octanol–water partition coefficient (Wildman–Crippen LogP) is 5.45. The molecule has 1 aliphatic rings. The van der Waals surface area contributed by atoms with Gasteiger partial charge in [0.15, 0.2) is 0 Å². The van der Waals surface area contributed by atoms with Gasteiger partial charge in [-0.15, -0.1) is 0 Å². The SMILES string of the molecule is O=C(O)C1=Cc2cc(Cl)cc(-c3ccc(Cl)cc3)c2O[C@@H]1C(F)(F)F. The van der Waals surface area contributed by atoms with Crippen molar-refractivity contribution in [3.63, 3.8) is 0 Å². The molecule has 0 spiro atoms. The van der Waals surface area contributed by atoms with Crippen LogP contribution in [0.2, 0.25) is 10.0 Å². The topological polar surface area (TPSA) is 46.5 Å². The summed E-state index contributed by atoms with van der Waals surface area (Å²) in [5.41, 5.74) is 0.116. The molecule has 1 N–H and O–H groups in total. The average Bonchev–Trinajstić information content (AvgIpc) is 2.52. The van der Waals surface area contributed by atoms with Crippen LogP contribution in [-0.4, -0.2) is 23.4 Å². The Morgan fingerprint density at radius 1 is 1.08 bits per heavy atom. The Kier molecular flexibility index (Phi) is 4.43. The van der Waals surface area contributed by atoms with Gasteiger partial charge in [0.25, 0.3) is 0 Å². The van der Waals surface area contributed by atoms with Gasteiger partial charge < -0.3 is 9.84 Å². The molecule has 130 valence electrons. The number of hydrogen-bond acceptors (Lipinski definition) is 2. The molecular weight excluding hydrogens is 380 g/mol. The van der Waals surface area contributed by atoms with Crippen molar-refractivity contribution >= 4 is 35.2 Å². The minimum atomic E-state index is -4.88. The van der Waals surface area contributed by atoms with E-state index in [0.29, 0.717) is 16.1 Å². The average molecular weight is 389 g/mol. The van der Waals surface area contributed by atoms with E-state index in [1.807, 2.05) is 0 Å². The smallest absolute Gasteiger partial charge is 0.430 e. The lowest BCUT2D eigenvalue weighted by Crippen LogP contribution is -2.40. The number of hydrogen-bond donors (Lipinski definition) is 1. The van der Waals surface area contributed by atoms with Gasteiger partial charge in [0.05, 0.1) is 5.57 Å². The molecule has 0 radical (unpaired) electrons. The summed E-state index contributed by atoms with van der Waals surface area (Å²) in [7, 11) is 0. The van der Waals surface area contributed by atoms with Crippen LogP contribution in [0.15, 0.2) is 42.0 Å². The van der Waals surface area contributed by atoms with Crippen molar-refractivity contribution in [3.8, 4) is 16.9 Å². The summed E-state index contributed by atoms with van der Waals surface area (Å²) < 4.78 is 44.8. The Hall–Kier alpha value is -2.18. The maximum absolute atomic E-state index is 13.2. The van der Waals surface area contributed by atoms with Gasteiger partial charge in [0, 0.05) is 21.2 Å². The maximum Gasteiger partial charge on any atom is 0.430 e. The highest BCUT2D eigenvalue weighted by Gasteiger charge is 2.48. The number of alkyl halides is 3. The largest absolute Gasteiger partial charge is 0.478 e. The maximum atomic E-state index is 13.2. The quantitative estimate of drug-likeness (QED) is 0.743. The van der Waals surface area contributed by atoms with Gasteiger partial charge in [0.2, 0.25) is 6.10 Å². The van der Waals surface area contributed by atoms with E-state index in [9.17, 15) is 18.0 Å². The molecule has 0 bridgehead atoms. The van der Waals surface area contributed by atoms with E-state index in [1.165, 1.54) is 12.1 Å². The Labute approximate surface area is 150 Å². The van der Waals surface area contributed by atoms with Crippen LogP contribution in [0.5, 0.6) is 5.75 Å². The van der Waals surface area contributed by atoms with Crippen LogP contribution in [0.3, 0.4) is 0 Å². The molecule has 2 aromatic rings. The van der Waals surface area contributed by atoms with Crippen molar-refractivity contribution in [2.45, 2.75) is 12.3 Å². The molecule has 3 nitrogen and oxygen atoms in total. The molecule has 0 aromatic heterocycles. The van der Waals surface area contributed by atoms with Crippen LogP contribution in [0.25, 0.3) is 17.2 Å². The van der Waals surface area contributed by atoms with E-state index in [2.05, 4.69) is 0 Å². The number of rotatable bonds is 2. The highest BCUT2D eigenvalue weighted by Crippen LogP contribution is 2.44. The monoisotopic (exact) mass is 388 g/mol. The van der Waals surface area contributed by atoms with Crippen LogP contribution in [0.4, 0.5) is 13.2 Å². The fourth-order valence-corrected chi connectivity index (χ4v) is 2.89. The summed E-state index contributed by atoms with van der Waals surface area (Å²) >= 11 is 11.9. The fraction of sp³-hybridized carbons (Fsp3) is 0.118. The summed E-state index contributed by atoms with van der Waals surface area (Å²) in [6.07, 6.45) is -6.51. The van der Waals surface area contributed by atoms with Crippen molar-refractivity contribution in [1.82, 2.24) is 0 Å². The molecule has 2 aromatic carbocycles. The molecule has 25 heavy (non-hydrogen) atoms. The van der Waals surface area contributed by atoms with Gasteiger partial charge in [-0.25, -0.2) is 4.79 Å². The summed E-state index contributed by atoms with van der Waals surface area (Å²) in [6, 6.07) is 9.18. The van der Waals surface area contributed by atoms with Crippen molar-refractivity contribution in [2.24, 2.45) is 0 Å². The lowest BCUT2D eigenvalue weighted by atomic mass is 9.96. The zero-order valence-corrected chi connectivity index (χ0v) is 13.8. The van der Waals surface area contributed by atoms with Gasteiger partial charge in [-0.1, -0.05) is 35.3 Å². The third kappa shape index (κ3) is 3.45. The Morgan fingerprint density at radius 3 is 2.28 bits per heavy atom. The second kappa shape index (κ2) is 6.28. The summed E-state index contributed by atoms with van der Waals surface area (Å²) in [6.45, 7) is 0. The number of ether oxygens (including phenoxy) is 1. The molecule has 0 aliphatic carbocycles. The Bertz CT molecular complexity index is 874. The highest BCUT2D eigenvalue weighted by atomic mass is 35.5. The number of benzene rings is 2. The highest BCUT2D eigenvalue weighted by molar-refractivity contribution is 6.31. The van der Waals surface area contributed by atoms with Crippen LogP contribution < -0.4 is 4.74 Å². The molecule has 8 heteroatoms. The fourth-order valence-electron chi connectivity index (χ4n) is 2.54. The molecule has 0 unspecified atom stereocenters. The molecule has 0 fully saturated rings. The molecule has 0 saturated carbocycles. The van der Waals surface area contributed by atoms with Crippen molar-refractivity contribution in [1.29, 1.82) is 0 Å². The van der Waals surface area contributed by atoms with E-state index >= 15 is 0 Å². The minimum absolute atomic E-state index is 0.0842. The summed E-state index contributed by atoms with van der Waals surface area (Å²) in [5.74, 6) is -1.79. The molecule has 1 atom stereocenters. The zero-order chi connectivity index (χ0) is 18.4. The van der Waals surface area contributed by atoms with Gasteiger partial charge in [-0.3, -0.25) is 0 Å². The number of halogens is 5. The number of carbonyl (C=O) groups is 1. The lowest BCUT2D eigenvalue weighted by Gasteiger charge is -2.28. The molecule has 1 heterocycles. The van der Waals surface area contributed by atoms with Crippen molar-refractivity contribution in [3.05, 3.63) is 57.6 Å². The third-order valence-corrected chi connectivity index (χ3v) is 4.08. The minimum Gasteiger partial charge on any atom is -0.478 e. The lowest BCUT2D eigenvalue weighted by molar-refractivity contribution is -0.187.